The Morgan fingerprint density at radius 1 is 1.35 bits per heavy atom. The van der Waals surface area contributed by atoms with Crippen molar-refractivity contribution in [1.82, 2.24) is 4.90 Å². The zero-order valence-electron chi connectivity index (χ0n) is 12.0. The number of halogens is 1. The molecule has 1 unspecified atom stereocenters. The summed E-state index contributed by atoms with van der Waals surface area (Å²) in [5.41, 5.74) is 1.47. The van der Waals surface area contributed by atoms with Crippen LogP contribution in [0.2, 0.25) is 5.02 Å². The van der Waals surface area contributed by atoms with Crippen molar-refractivity contribution in [3.63, 3.8) is 0 Å². The number of carbonyl (C=O) groups is 1. The second kappa shape index (κ2) is 6.95. The van der Waals surface area contributed by atoms with Crippen LogP contribution in [0.25, 0.3) is 0 Å². The van der Waals surface area contributed by atoms with Crippen molar-refractivity contribution in [2.45, 2.75) is 25.3 Å². The van der Waals surface area contributed by atoms with Crippen LogP contribution in [-0.2, 0) is 4.74 Å². The largest absolute Gasteiger partial charge is 0.382 e. The van der Waals surface area contributed by atoms with E-state index in [0.717, 1.165) is 38.2 Å². The standard InChI is InChI=1S/C15H21ClN2O2/c1-18(2)15(19)13-10-12(5-6-14(13)16)17-11-4-3-8-20-9-7-11/h5-6,10-11,17H,3-4,7-9H2,1-2H3. The van der Waals surface area contributed by atoms with E-state index in [1.807, 2.05) is 12.1 Å². The first-order valence-corrected chi connectivity index (χ1v) is 7.31. The fourth-order valence-corrected chi connectivity index (χ4v) is 2.50. The molecule has 0 saturated carbocycles. The lowest BCUT2D eigenvalue weighted by atomic mass is 10.1. The zero-order valence-corrected chi connectivity index (χ0v) is 12.7. The van der Waals surface area contributed by atoms with Gasteiger partial charge < -0.3 is 15.0 Å². The topological polar surface area (TPSA) is 41.6 Å². The summed E-state index contributed by atoms with van der Waals surface area (Å²) >= 11 is 6.11. The van der Waals surface area contributed by atoms with Crippen molar-refractivity contribution in [2.75, 3.05) is 32.6 Å². The summed E-state index contributed by atoms with van der Waals surface area (Å²) < 4.78 is 5.45. The van der Waals surface area contributed by atoms with E-state index in [2.05, 4.69) is 5.32 Å². The molecule has 1 aliphatic heterocycles. The first-order chi connectivity index (χ1) is 9.58. The predicted molar refractivity (Wildman–Crippen MR) is 81.6 cm³/mol. The van der Waals surface area contributed by atoms with Crippen LogP contribution in [-0.4, -0.2) is 44.2 Å². The van der Waals surface area contributed by atoms with Crippen molar-refractivity contribution < 1.29 is 9.53 Å². The van der Waals surface area contributed by atoms with E-state index in [-0.39, 0.29) is 5.91 Å². The summed E-state index contributed by atoms with van der Waals surface area (Å²) in [6.07, 6.45) is 3.13. The van der Waals surface area contributed by atoms with Gasteiger partial charge in [-0.3, -0.25) is 4.79 Å². The molecule has 1 atom stereocenters. The van der Waals surface area contributed by atoms with E-state index in [1.54, 1.807) is 20.2 Å². The molecule has 5 heteroatoms. The molecule has 1 fully saturated rings. The number of nitrogens with zero attached hydrogens (tertiary/aromatic N) is 1. The average molecular weight is 297 g/mol. The number of benzene rings is 1. The second-order valence-corrected chi connectivity index (χ2v) is 5.69. The number of hydrogen-bond donors (Lipinski definition) is 1. The molecule has 0 bridgehead atoms. The Kier molecular flexibility index (Phi) is 5.26. The van der Waals surface area contributed by atoms with Gasteiger partial charge in [-0.05, 0) is 37.5 Å². The molecule has 0 aliphatic carbocycles. The zero-order chi connectivity index (χ0) is 14.5. The molecule has 1 N–H and O–H groups in total. The SMILES string of the molecule is CN(C)C(=O)c1cc(NC2CCCOCC2)ccc1Cl. The molecule has 0 radical (unpaired) electrons. The molecular weight excluding hydrogens is 276 g/mol. The van der Waals surface area contributed by atoms with Crippen LogP contribution < -0.4 is 5.32 Å². The van der Waals surface area contributed by atoms with E-state index < -0.39 is 0 Å². The molecule has 1 aromatic rings. The minimum absolute atomic E-state index is 0.0807. The van der Waals surface area contributed by atoms with Gasteiger partial charge in [-0.15, -0.1) is 0 Å². The highest BCUT2D eigenvalue weighted by atomic mass is 35.5. The molecule has 1 heterocycles. The first kappa shape index (κ1) is 15.1. The first-order valence-electron chi connectivity index (χ1n) is 6.93. The Hall–Kier alpha value is -1.26. The van der Waals surface area contributed by atoms with Crippen LogP contribution in [0.5, 0.6) is 0 Å². The maximum atomic E-state index is 12.1. The van der Waals surface area contributed by atoms with E-state index >= 15 is 0 Å². The number of amides is 1. The van der Waals surface area contributed by atoms with Gasteiger partial charge in [0.05, 0.1) is 10.6 Å². The molecule has 2 rings (SSSR count). The Morgan fingerprint density at radius 2 is 2.15 bits per heavy atom. The maximum absolute atomic E-state index is 12.1. The fourth-order valence-electron chi connectivity index (χ4n) is 2.30. The number of ether oxygens (including phenoxy) is 1. The highest BCUT2D eigenvalue weighted by molar-refractivity contribution is 6.34. The lowest BCUT2D eigenvalue weighted by Gasteiger charge is -2.18. The van der Waals surface area contributed by atoms with Crippen molar-refractivity contribution in [2.24, 2.45) is 0 Å². The Bertz CT molecular complexity index is 469. The van der Waals surface area contributed by atoms with E-state index in [4.69, 9.17) is 16.3 Å². The second-order valence-electron chi connectivity index (χ2n) is 5.28. The van der Waals surface area contributed by atoms with Gasteiger partial charge in [0, 0.05) is 39.0 Å². The van der Waals surface area contributed by atoms with Gasteiger partial charge in [0.1, 0.15) is 0 Å². The summed E-state index contributed by atoms with van der Waals surface area (Å²) in [5.74, 6) is -0.0807. The van der Waals surface area contributed by atoms with Gasteiger partial charge in [-0.25, -0.2) is 0 Å². The van der Waals surface area contributed by atoms with Crippen molar-refractivity contribution in [1.29, 1.82) is 0 Å². The van der Waals surface area contributed by atoms with Crippen LogP contribution in [0, 0.1) is 0 Å². The number of anilines is 1. The Morgan fingerprint density at radius 3 is 2.90 bits per heavy atom. The van der Waals surface area contributed by atoms with Crippen LogP contribution in [0.15, 0.2) is 18.2 Å². The van der Waals surface area contributed by atoms with Gasteiger partial charge in [0.15, 0.2) is 0 Å². The molecular formula is C15H21ClN2O2. The summed E-state index contributed by atoms with van der Waals surface area (Å²) in [4.78, 5) is 13.6. The quantitative estimate of drug-likeness (QED) is 0.932. The predicted octanol–water partition coefficient (Wildman–Crippen LogP) is 3.02. The summed E-state index contributed by atoms with van der Waals surface area (Å²) in [6.45, 7) is 1.62. The van der Waals surface area contributed by atoms with Gasteiger partial charge in [-0.1, -0.05) is 11.6 Å². The average Bonchev–Trinajstić information content (AvgIpc) is 2.68. The lowest BCUT2D eigenvalue weighted by Crippen LogP contribution is -2.23. The maximum Gasteiger partial charge on any atom is 0.254 e. The number of rotatable bonds is 3. The normalized spacial score (nSPS) is 19.2. The summed E-state index contributed by atoms with van der Waals surface area (Å²) in [6, 6.07) is 5.91. The monoisotopic (exact) mass is 296 g/mol. The Labute approximate surface area is 125 Å². The molecule has 0 aromatic heterocycles. The van der Waals surface area contributed by atoms with Crippen molar-refractivity contribution >= 4 is 23.2 Å². The fraction of sp³-hybridized carbons (Fsp3) is 0.533. The van der Waals surface area contributed by atoms with Gasteiger partial charge in [0.25, 0.3) is 5.91 Å². The highest BCUT2D eigenvalue weighted by Gasteiger charge is 2.16. The summed E-state index contributed by atoms with van der Waals surface area (Å²) in [5, 5.41) is 3.96. The van der Waals surface area contributed by atoms with Crippen LogP contribution in [0.4, 0.5) is 5.69 Å². The van der Waals surface area contributed by atoms with Crippen LogP contribution in [0.3, 0.4) is 0 Å². The van der Waals surface area contributed by atoms with Crippen LogP contribution in [0.1, 0.15) is 29.6 Å². The molecule has 1 saturated heterocycles. The van der Waals surface area contributed by atoms with Gasteiger partial charge in [-0.2, -0.15) is 0 Å². The molecule has 1 aliphatic rings. The molecule has 4 nitrogen and oxygen atoms in total. The third kappa shape index (κ3) is 3.87. The lowest BCUT2D eigenvalue weighted by molar-refractivity contribution is 0.0828. The van der Waals surface area contributed by atoms with Crippen molar-refractivity contribution in [3.05, 3.63) is 28.8 Å². The third-order valence-corrected chi connectivity index (χ3v) is 3.76. The number of carbonyl (C=O) groups excluding carboxylic acids is 1. The van der Waals surface area contributed by atoms with Crippen molar-refractivity contribution in [3.8, 4) is 0 Å². The van der Waals surface area contributed by atoms with E-state index in [9.17, 15) is 4.79 Å². The number of nitrogens with one attached hydrogen (secondary N) is 1. The molecule has 20 heavy (non-hydrogen) atoms. The number of hydrogen-bond acceptors (Lipinski definition) is 3. The van der Waals surface area contributed by atoms with Gasteiger partial charge in [0.2, 0.25) is 0 Å². The van der Waals surface area contributed by atoms with E-state index in [0.29, 0.717) is 16.6 Å². The van der Waals surface area contributed by atoms with E-state index in [1.165, 1.54) is 4.90 Å². The third-order valence-electron chi connectivity index (χ3n) is 3.43. The highest BCUT2D eigenvalue weighted by Crippen LogP contribution is 2.23. The molecule has 1 aromatic carbocycles. The Balaban J connectivity index is 2.12. The summed E-state index contributed by atoms with van der Waals surface area (Å²) in [7, 11) is 3.45. The minimum Gasteiger partial charge on any atom is -0.382 e. The molecule has 110 valence electrons. The molecule has 0 spiro atoms. The van der Waals surface area contributed by atoms with Crippen LogP contribution >= 0.6 is 11.6 Å². The minimum atomic E-state index is -0.0807. The smallest absolute Gasteiger partial charge is 0.254 e. The molecule has 1 amide bonds. The van der Waals surface area contributed by atoms with Gasteiger partial charge >= 0.3 is 0 Å².